The van der Waals surface area contributed by atoms with E-state index in [0.717, 1.165) is 18.5 Å². The maximum absolute atomic E-state index is 12.9. The Labute approximate surface area is 83.1 Å². The van der Waals surface area contributed by atoms with E-state index in [0.29, 0.717) is 18.4 Å². The highest BCUT2D eigenvalue weighted by molar-refractivity contribution is 5.32. The first-order valence-corrected chi connectivity index (χ1v) is 4.88. The number of ether oxygens (including phenoxy) is 1. The lowest BCUT2D eigenvalue weighted by Crippen LogP contribution is -2.46. The second kappa shape index (κ2) is 3.96. The van der Waals surface area contributed by atoms with Crippen LogP contribution in [0.25, 0.3) is 0 Å². The normalized spacial score (nSPS) is 20.3. The molecule has 3 heteroatoms. The molecule has 1 heterocycles. The molecule has 0 bridgehead atoms. The van der Waals surface area contributed by atoms with E-state index in [9.17, 15) is 4.39 Å². The van der Waals surface area contributed by atoms with Crippen molar-refractivity contribution in [2.75, 3.05) is 13.2 Å². The van der Waals surface area contributed by atoms with E-state index >= 15 is 0 Å². The fourth-order valence-electron chi connectivity index (χ4n) is 1.41. The van der Waals surface area contributed by atoms with Crippen molar-refractivity contribution in [2.45, 2.75) is 19.4 Å². The largest absolute Gasteiger partial charge is 0.492 e. The average Bonchev–Trinajstić information content (AvgIpc) is 2.08. The fraction of sp³-hybridized carbons (Fsp3) is 0.455. The van der Waals surface area contributed by atoms with Gasteiger partial charge in [-0.15, -0.1) is 0 Å². The van der Waals surface area contributed by atoms with Gasteiger partial charge in [0.25, 0.3) is 0 Å². The summed E-state index contributed by atoms with van der Waals surface area (Å²) in [5.41, 5.74) is 0.978. The quantitative estimate of drug-likeness (QED) is 0.795. The van der Waals surface area contributed by atoms with Crippen molar-refractivity contribution < 1.29 is 9.13 Å². The Bertz CT molecular complexity index is 323. The van der Waals surface area contributed by atoms with Gasteiger partial charge < -0.3 is 10.1 Å². The van der Waals surface area contributed by atoms with Crippen LogP contribution in [0.5, 0.6) is 5.75 Å². The van der Waals surface area contributed by atoms with Crippen LogP contribution in [0, 0.1) is 12.7 Å². The molecule has 76 valence electrons. The molecule has 1 aromatic carbocycles. The number of rotatable bonds is 3. The van der Waals surface area contributed by atoms with Crippen molar-refractivity contribution in [3.05, 3.63) is 29.6 Å². The van der Waals surface area contributed by atoms with Crippen LogP contribution in [0.1, 0.15) is 12.0 Å². The minimum absolute atomic E-state index is 0.243. The first-order valence-electron chi connectivity index (χ1n) is 4.88. The summed E-state index contributed by atoms with van der Waals surface area (Å²) in [4.78, 5) is 0. The number of hydrogen-bond donors (Lipinski definition) is 1. The molecule has 14 heavy (non-hydrogen) atoms. The van der Waals surface area contributed by atoms with Gasteiger partial charge in [0.15, 0.2) is 0 Å². The Morgan fingerprint density at radius 1 is 1.57 bits per heavy atom. The highest BCUT2D eigenvalue weighted by atomic mass is 19.1. The molecular weight excluding hydrogens is 181 g/mol. The number of halogens is 1. The third-order valence-corrected chi connectivity index (χ3v) is 2.52. The molecule has 1 aliphatic rings. The molecule has 1 N–H and O–H groups in total. The predicted molar refractivity (Wildman–Crippen MR) is 53.0 cm³/mol. The molecule has 0 aliphatic carbocycles. The van der Waals surface area contributed by atoms with Gasteiger partial charge in [0.1, 0.15) is 18.2 Å². The summed E-state index contributed by atoms with van der Waals surface area (Å²) in [6.45, 7) is 3.61. The zero-order valence-electron chi connectivity index (χ0n) is 8.22. The molecule has 1 unspecified atom stereocenters. The summed E-state index contributed by atoms with van der Waals surface area (Å²) in [7, 11) is 0. The molecule has 2 nitrogen and oxygen atoms in total. The highest BCUT2D eigenvalue weighted by Crippen LogP contribution is 2.19. The van der Waals surface area contributed by atoms with Crippen LogP contribution in [0.3, 0.4) is 0 Å². The van der Waals surface area contributed by atoms with E-state index in [2.05, 4.69) is 5.32 Å². The van der Waals surface area contributed by atoms with Crippen molar-refractivity contribution in [3.8, 4) is 5.75 Å². The number of nitrogens with one attached hydrogen (secondary N) is 1. The molecule has 0 radical (unpaired) electrons. The van der Waals surface area contributed by atoms with Crippen molar-refractivity contribution in [3.63, 3.8) is 0 Å². The van der Waals surface area contributed by atoms with Crippen LogP contribution in [-0.2, 0) is 0 Å². The lowest BCUT2D eigenvalue weighted by Gasteiger charge is -2.27. The molecule has 0 spiro atoms. The average molecular weight is 195 g/mol. The molecule has 1 saturated heterocycles. The Morgan fingerprint density at radius 2 is 2.36 bits per heavy atom. The van der Waals surface area contributed by atoms with Crippen LogP contribution in [-0.4, -0.2) is 19.2 Å². The van der Waals surface area contributed by atoms with E-state index in [1.165, 1.54) is 12.1 Å². The maximum Gasteiger partial charge on any atom is 0.126 e. The molecule has 1 aliphatic heterocycles. The molecule has 1 aromatic rings. The SMILES string of the molecule is Cc1ccc(F)cc1OCC1CCN1. The van der Waals surface area contributed by atoms with Gasteiger partial charge in [-0.05, 0) is 31.5 Å². The molecule has 1 atom stereocenters. The second-order valence-electron chi connectivity index (χ2n) is 3.66. The Kier molecular flexibility index (Phi) is 2.68. The maximum atomic E-state index is 12.9. The Morgan fingerprint density at radius 3 is 3.00 bits per heavy atom. The fourth-order valence-corrected chi connectivity index (χ4v) is 1.41. The van der Waals surface area contributed by atoms with Gasteiger partial charge >= 0.3 is 0 Å². The summed E-state index contributed by atoms with van der Waals surface area (Å²) in [6, 6.07) is 5.06. The van der Waals surface area contributed by atoms with Gasteiger partial charge in [-0.2, -0.15) is 0 Å². The smallest absolute Gasteiger partial charge is 0.126 e. The first kappa shape index (κ1) is 9.46. The second-order valence-corrected chi connectivity index (χ2v) is 3.66. The number of aryl methyl sites for hydroxylation is 1. The van der Waals surface area contributed by atoms with E-state index in [4.69, 9.17) is 4.74 Å². The third-order valence-electron chi connectivity index (χ3n) is 2.52. The summed E-state index contributed by atoms with van der Waals surface area (Å²) >= 11 is 0. The van der Waals surface area contributed by atoms with E-state index in [-0.39, 0.29) is 5.82 Å². The molecule has 0 aromatic heterocycles. The topological polar surface area (TPSA) is 21.3 Å². The van der Waals surface area contributed by atoms with Crippen molar-refractivity contribution in [1.29, 1.82) is 0 Å². The molecule has 0 amide bonds. The minimum Gasteiger partial charge on any atom is -0.492 e. The Hall–Kier alpha value is -1.09. The lowest BCUT2D eigenvalue weighted by molar-refractivity contribution is 0.216. The van der Waals surface area contributed by atoms with Crippen LogP contribution in [0.15, 0.2) is 18.2 Å². The number of benzene rings is 1. The molecule has 2 rings (SSSR count). The highest BCUT2D eigenvalue weighted by Gasteiger charge is 2.16. The van der Waals surface area contributed by atoms with Gasteiger partial charge in [-0.3, -0.25) is 0 Å². The van der Waals surface area contributed by atoms with Crippen molar-refractivity contribution in [1.82, 2.24) is 5.32 Å². The summed E-state index contributed by atoms with van der Waals surface area (Å²) in [5, 5.41) is 3.23. The standard InChI is InChI=1S/C11H14FNO/c1-8-2-3-9(12)6-11(8)14-7-10-4-5-13-10/h2-3,6,10,13H,4-5,7H2,1H3. The van der Waals surface area contributed by atoms with Gasteiger partial charge in [0.05, 0.1) is 0 Å². The van der Waals surface area contributed by atoms with E-state index in [1.807, 2.05) is 6.92 Å². The van der Waals surface area contributed by atoms with Crippen molar-refractivity contribution >= 4 is 0 Å². The first-order chi connectivity index (χ1) is 6.75. The monoisotopic (exact) mass is 195 g/mol. The summed E-state index contributed by atoms with van der Waals surface area (Å²) < 4.78 is 18.4. The van der Waals surface area contributed by atoms with Crippen LogP contribution < -0.4 is 10.1 Å². The summed E-state index contributed by atoms with van der Waals surface area (Å²) in [6.07, 6.45) is 1.15. The Balaban J connectivity index is 1.96. The molecular formula is C11H14FNO. The van der Waals surface area contributed by atoms with Gasteiger partial charge in [0.2, 0.25) is 0 Å². The minimum atomic E-state index is -0.243. The zero-order chi connectivity index (χ0) is 9.97. The predicted octanol–water partition coefficient (Wildman–Crippen LogP) is 1.87. The van der Waals surface area contributed by atoms with Gasteiger partial charge in [0, 0.05) is 12.1 Å². The van der Waals surface area contributed by atoms with Crippen LogP contribution in [0.2, 0.25) is 0 Å². The zero-order valence-corrected chi connectivity index (χ0v) is 8.22. The summed E-state index contributed by atoms with van der Waals surface area (Å²) in [5.74, 6) is 0.408. The van der Waals surface area contributed by atoms with Crippen molar-refractivity contribution in [2.24, 2.45) is 0 Å². The van der Waals surface area contributed by atoms with Gasteiger partial charge in [-0.25, -0.2) is 4.39 Å². The van der Waals surface area contributed by atoms with Crippen LogP contribution >= 0.6 is 0 Å². The van der Waals surface area contributed by atoms with Gasteiger partial charge in [-0.1, -0.05) is 6.07 Å². The van der Waals surface area contributed by atoms with E-state index < -0.39 is 0 Å². The lowest BCUT2D eigenvalue weighted by atomic mass is 10.1. The van der Waals surface area contributed by atoms with Crippen LogP contribution in [0.4, 0.5) is 4.39 Å². The molecule has 1 fully saturated rings. The number of hydrogen-bond acceptors (Lipinski definition) is 2. The third kappa shape index (κ3) is 2.04. The molecule has 0 saturated carbocycles. The van der Waals surface area contributed by atoms with E-state index in [1.54, 1.807) is 6.07 Å².